The highest BCUT2D eigenvalue weighted by molar-refractivity contribution is 6.42. The van der Waals surface area contributed by atoms with E-state index in [0.29, 0.717) is 22.0 Å². The van der Waals surface area contributed by atoms with Gasteiger partial charge in [0.1, 0.15) is 5.60 Å². The van der Waals surface area contributed by atoms with Gasteiger partial charge in [0, 0.05) is 5.56 Å². The molecular weight excluding hydrogens is 291 g/mol. The largest absolute Gasteiger partial charge is 0.380 e. The number of halogens is 2. The summed E-state index contributed by atoms with van der Waals surface area (Å²) < 4.78 is 0. The van der Waals surface area contributed by atoms with E-state index in [4.69, 9.17) is 23.2 Å². The van der Waals surface area contributed by atoms with E-state index >= 15 is 0 Å². The molecule has 3 heteroatoms. The van der Waals surface area contributed by atoms with Crippen molar-refractivity contribution in [2.24, 2.45) is 0 Å². The quantitative estimate of drug-likeness (QED) is 0.739. The van der Waals surface area contributed by atoms with Crippen LogP contribution in [0.4, 0.5) is 0 Å². The molecule has 20 heavy (non-hydrogen) atoms. The predicted molar refractivity (Wildman–Crippen MR) is 83.5 cm³/mol. The summed E-state index contributed by atoms with van der Waals surface area (Å²) in [5, 5.41) is 12.3. The fourth-order valence-electron chi connectivity index (χ4n) is 3.08. The van der Waals surface area contributed by atoms with E-state index in [2.05, 4.69) is 6.07 Å². The highest BCUT2D eigenvalue weighted by atomic mass is 35.5. The Balaban J connectivity index is 2.22. The van der Waals surface area contributed by atoms with Gasteiger partial charge in [-0.25, -0.2) is 0 Å². The van der Waals surface area contributed by atoms with Crippen LogP contribution in [-0.2, 0) is 12.0 Å². The van der Waals surface area contributed by atoms with E-state index in [1.165, 1.54) is 5.56 Å². The normalized spacial score (nSPS) is 22.1. The molecule has 2 aromatic rings. The molecule has 3 rings (SSSR count). The van der Waals surface area contributed by atoms with Gasteiger partial charge in [0.15, 0.2) is 0 Å². The molecule has 0 saturated carbocycles. The number of aryl methyl sites for hydroxylation is 1. The van der Waals surface area contributed by atoms with E-state index in [-0.39, 0.29) is 0 Å². The van der Waals surface area contributed by atoms with E-state index in [1.54, 1.807) is 6.07 Å². The lowest BCUT2D eigenvalue weighted by Crippen LogP contribution is -2.28. The SMILES string of the molecule is OC1(c2cccc(Cl)c2Cl)CCCCc2ccccc21. The highest BCUT2D eigenvalue weighted by Gasteiger charge is 2.36. The monoisotopic (exact) mass is 306 g/mol. The van der Waals surface area contributed by atoms with Gasteiger partial charge in [0.05, 0.1) is 10.0 Å². The summed E-state index contributed by atoms with van der Waals surface area (Å²) in [5.74, 6) is 0. The minimum atomic E-state index is -1.05. The first-order valence-corrected chi connectivity index (χ1v) is 7.64. The molecule has 1 N–H and O–H groups in total. The Morgan fingerprint density at radius 1 is 0.900 bits per heavy atom. The minimum Gasteiger partial charge on any atom is -0.380 e. The van der Waals surface area contributed by atoms with E-state index in [0.717, 1.165) is 24.8 Å². The van der Waals surface area contributed by atoms with Crippen LogP contribution in [0.1, 0.15) is 36.0 Å². The lowest BCUT2D eigenvalue weighted by atomic mass is 9.82. The Labute approximate surface area is 129 Å². The minimum absolute atomic E-state index is 0.452. The van der Waals surface area contributed by atoms with Crippen molar-refractivity contribution in [1.82, 2.24) is 0 Å². The number of benzene rings is 2. The maximum atomic E-state index is 11.3. The van der Waals surface area contributed by atoms with Crippen LogP contribution >= 0.6 is 23.2 Å². The zero-order valence-corrected chi connectivity index (χ0v) is 12.6. The molecule has 0 aromatic heterocycles. The molecule has 1 aliphatic carbocycles. The summed E-state index contributed by atoms with van der Waals surface area (Å²) in [5.41, 5.74) is 1.82. The lowest BCUT2D eigenvalue weighted by molar-refractivity contribution is 0.0706. The molecule has 1 aliphatic rings. The van der Waals surface area contributed by atoms with Gasteiger partial charge < -0.3 is 5.11 Å². The summed E-state index contributed by atoms with van der Waals surface area (Å²) in [6.45, 7) is 0. The molecule has 1 unspecified atom stereocenters. The third-order valence-electron chi connectivity index (χ3n) is 4.09. The van der Waals surface area contributed by atoms with Crippen molar-refractivity contribution < 1.29 is 5.11 Å². The first kappa shape index (κ1) is 13.9. The van der Waals surface area contributed by atoms with Gasteiger partial charge in [-0.2, -0.15) is 0 Å². The van der Waals surface area contributed by atoms with Gasteiger partial charge in [-0.05, 0) is 42.9 Å². The molecule has 1 nitrogen and oxygen atoms in total. The van der Waals surface area contributed by atoms with Gasteiger partial charge in [-0.15, -0.1) is 0 Å². The van der Waals surface area contributed by atoms with Gasteiger partial charge >= 0.3 is 0 Å². The molecular formula is C17H16Cl2O. The molecule has 0 saturated heterocycles. The summed E-state index contributed by atoms with van der Waals surface area (Å²) in [7, 11) is 0. The Bertz CT molecular complexity index is 639. The maximum absolute atomic E-state index is 11.3. The van der Waals surface area contributed by atoms with Crippen LogP contribution in [0.25, 0.3) is 0 Å². The van der Waals surface area contributed by atoms with E-state index in [1.807, 2.05) is 30.3 Å². The van der Waals surface area contributed by atoms with Crippen LogP contribution < -0.4 is 0 Å². The lowest BCUT2D eigenvalue weighted by Gasteiger charge is -2.30. The maximum Gasteiger partial charge on any atom is 0.116 e. The van der Waals surface area contributed by atoms with Crippen LogP contribution in [0.15, 0.2) is 42.5 Å². The van der Waals surface area contributed by atoms with Gasteiger partial charge in [-0.1, -0.05) is 59.6 Å². The van der Waals surface area contributed by atoms with Crippen molar-refractivity contribution in [2.45, 2.75) is 31.3 Å². The summed E-state index contributed by atoms with van der Waals surface area (Å²) in [6.07, 6.45) is 3.71. The van der Waals surface area contributed by atoms with Crippen molar-refractivity contribution in [3.63, 3.8) is 0 Å². The predicted octanol–water partition coefficient (Wildman–Crippen LogP) is 4.96. The molecule has 0 fully saturated rings. The second-order valence-corrected chi connectivity index (χ2v) is 6.11. The zero-order valence-electron chi connectivity index (χ0n) is 11.1. The average molecular weight is 307 g/mol. The molecule has 0 bridgehead atoms. The molecule has 2 aromatic carbocycles. The van der Waals surface area contributed by atoms with E-state index < -0.39 is 5.60 Å². The molecule has 0 radical (unpaired) electrons. The standard InChI is InChI=1S/C17H16Cl2O/c18-15-10-5-9-14(16(15)19)17(20)11-4-3-7-12-6-1-2-8-13(12)17/h1-2,5-6,8-10,20H,3-4,7,11H2. The summed E-state index contributed by atoms with van der Waals surface area (Å²) >= 11 is 12.5. The number of hydrogen-bond acceptors (Lipinski definition) is 1. The molecule has 0 spiro atoms. The van der Waals surface area contributed by atoms with Crippen LogP contribution in [0, 0.1) is 0 Å². The van der Waals surface area contributed by atoms with Crippen molar-refractivity contribution in [3.05, 3.63) is 69.2 Å². The third-order valence-corrected chi connectivity index (χ3v) is 4.91. The molecule has 0 amide bonds. The van der Waals surface area contributed by atoms with Crippen LogP contribution in [0.5, 0.6) is 0 Å². The molecule has 0 heterocycles. The van der Waals surface area contributed by atoms with Gasteiger partial charge in [0.2, 0.25) is 0 Å². The van der Waals surface area contributed by atoms with E-state index in [9.17, 15) is 5.11 Å². The van der Waals surface area contributed by atoms with Gasteiger partial charge in [-0.3, -0.25) is 0 Å². The summed E-state index contributed by atoms with van der Waals surface area (Å²) in [6, 6.07) is 13.5. The van der Waals surface area contributed by atoms with Crippen LogP contribution in [-0.4, -0.2) is 5.11 Å². The molecule has 1 atom stereocenters. The Kier molecular flexibility index (Phi) is 3.76. The van der Waals surface area contributed by atoms with Crippen molar-refractivity contribution in [1.29, 1.82) is 0 Å². The van der Waals surface area contributed by atoms with Crippen molar-refractivity contribution in [2.75, 3.05) is 0 Å². The first-order valence-electron chi connectivity index (χ1n) is 6.88. The Morgan fingerprint density at radius 2 is 1.65 bits per heavy atom. The van der Waals surface area contributed by atoms with Crippen LogP contribution in [0.2, 0.25) is 10.0 Å². The average Bonchev–Trinajstić information content (AvgIpc) is 2.63. The Hall–Kier alpha value is -1.02. The number of aliphatic hydroxyl groups is 1. The zero-order chi connectivity index (χ0) is 14.2. The fourth-order valence-corrected chi connectivity index (χ4v) is 3.53. The van der Waals surface area contributed by atoms with Crippen LogP contribution in [0.3, 0.4) is 0 Å². The third kappa shape index (κ3) is 2.24. The van der Waals surface area contributed by atoms with Crippen molar-refractivity contribution in [3.8, 4) is 0 Å². The smallest absolute Gasteiger partial charge is 0.116 e. The summed E-state index contributed by atoms with van der Waals surface area (Å²) in [4.78, 5) is 0. The molecule has 0 aliphatic heterocycles. The topological polar surface area (TPSA) is 20.2 Å². The highest BCUT2D eigenvalue weighted by Crippen LogP contribution is 2.43. The number of fused-ring (bicyclic) bond motifs is 1. The number of rotatable bonds is 1. The molecule has 104 valence electrons. The second-order valence-electron chi connectivity index (χ2n) is 5.33. The van der Waals surface area contributed by atoms with Crippen molar-refractivity contribution >= 4 is 23.2 Å². The fraction of sp³-hybridized carbons (Fsp3) is 0.294. The second kappa shape index (κ2) is 5.40. The van der Waals surface area contributed by atoms with Gasteiger partial charge in [0.25, 0.3) is 0 Å². The number of hydrogen-bond donors (Lipinski definition) is 1. The first-order chi connectivity index (χ1) is 9.63. The Morgan fingerprint density at radius 3 is 2.50 bits per heavy atom.